The summed E-state index contributed by atoms with van der Waals surface area (Å²) in [6.45, 7) is 6.37. The minimum absolute atomic E-state index is 0.0611. The summed E-state index contributed by atoms with van der Waals surface area (Å²) < 4.78 is 0. The van der Waals surface area contributed by atoms with Crippen molar-refractivity contribution in [3.63, 3.8) is 0 Å². The van der Waals surface area contributed by atoms with E-state index in [2.05, 4.69) is 18.7 Å². The lowest BCUT2D eigenvalue weighted by molar-refractivity contribution is 0.161. The molecule has 0 saturated carbocycles. The fraction of sp³-hybridized carbons (Fsp3) is 1.00. The van der Waals surface area contributed by atoms with Crippen LogP contribution in [-0.4, -0.2) is 35.2 Å². The lowest BCUT2D eigenvalue weighted by atomic mass is 10.2. The maximum atomic E-state index is 9.20. The third kappa shape index (κ3) is 1.70. The molecule has 0 radical (unpaired) electrons. The molecule has 0 aliphatic carbocycles. The van der Waals surface area contributed by atoms with E-state index >= 15 is 0 Å². The summed E-state index contributed by atoms with van der Waals surface area (Å²) >= 11 is 0. The molecular formula is C8H17NO. The van der Waals surface area contributed by atoms with E-state index in [0.717, 1.165) is 19.5 Å². The lowest BCUT2D eigenvalue weighted by Gasteiger charge is -2.21. The van der Waals surface area contributed by atoms with Gasteiger partial charge < -0.3 is 5.11 Å². The van der Waals surface area contributed by atoms with Crippen LogP contribution in [0.15, 0.2) is 0 Å². The highest BCUT2D eigenvalue weighted by Crippen LogP contribution is 2.13. The van der Waals surface area contributed by atoms with Gasteiger partial charge in [-0.05, 0) is 19.8 Å². The van der Waals surface area contributed by atoms with Gasteiger partial charge in [0.1, 0.15) is 0 Å². The lowest BCUT2D eigenvalue weighted by Crippen LogP contribution is -2.30. The van der Waals surface area contributed by atoms with Crippen molar-refractivity contribution in [2.45, 2.75) is 38.8 Å². The Morgan fingerprint density at radius 2 is 2.40 bits per heavy atom. The van der Waals surface area contributed by atoms with Gasteiger partial charge in [0.15, 0.2) is 0 Å². The van der Waals surface area contributed by atoms with Gasteiger partial charge in [0.2, 0.25) is 0 Å². The molecular weight excluding hydrogens is 126 g/mol. The summed E-state index contributed by atoms with van der Waals surface area (Å²) in [6.07, 6.45) is 2.09. The second kappa shape index (κ2) is 3.35. The summed E-state index contributed by atoms with van der Waals surface area (Å²) in [5, 5.41) is 9.20. The van der Waals surface area contributed by atoms with Crippen LogP contribution in [0.1, 0.15) is 26.7 Å². The second-order valence-corrected chi connectivity index (χ2v) is 3.19. The van der Waals surface area contributed by atoms with E-state index in [0.29, 0.717) is 6.04 Å². The normalized spacial score (nSPS) is 30.9. The van der Waals surface area contributed by atoms with E-state index in [1.807, 2.05) is 0 Å². The molecule has 60 valence electrons. The van der Waals surface area contributed by atoms with Gasteiger partial charge in [-0.1, -0.05) is 6.92 Å². The van der Waals surface area contributed by atoms with Gasteiger partial charge in [-0.3, -0.25) is 4.90 Å². The number of hydrogen-bond acceptors (Lipinski definition) is 2. The molecule has 2 heteroatoms. The van der Waals surface area contributed by atoms with Crippen LogP contribution in [0.3, 0.4) is 0 Å². The van der Waals surface area contributed by atoms with Crippen molar-refractivity contribution in [2.75, 3.05) is 13.1 Å². The predicted molar refractivity (Wildman–Crippen MR) is 41.9 cm³/mol. The molecule has 1 N–H and O–H groups in total. The molecule has 10 heavy (non-hydrogen) atoms. The molecule has 0 bridgehead atoms. The largest absolute Gasteiger partial charge is 0.392 e. The maximum absolute atomic E-state index is 9.20. The molecule has 2 nitrogen and oxygen atoms in total. The second-order valence-electron chi connectivity index (χ2n) is 3.19. The smallest absolute Gasteiger partial charge is 0.0679 e. The van der Waals surface area contributed by atoms with E-state index in [4.69, 9.17) is 0 Å². The van der Waals surface area contributed by atoms with Crippen molar-refractivity contribution in [1.82, 2.24) is 4.90 Å². The van der Waals surface area contributed by atoms with Crippen molar-refractivity contribution in [3.8, 4) is 0 Å². The zero-order valence-electron chi connectivity index (χ0n) is 6.88. The minimum atomic E-state index is -0.0611. The SMILES string of the molecule is CCC(C)N1CC[C@@H](O)C1. The van der Waals surface area contributed by atoms with Gasteiger partial charge in [-0.15, -0.1) is 0 Å². The highest BCUT2D eigenvalue weighted by Gasteiger charge is 2.22. The number of nitrogens with zero attached hydrogens (tertiary/aromatic N) is 1. The van der Waals surface area contributed by atoms with Crippen molar-refractivity contribution in [1.29, 1.82) is 0 Å². The first-order valence-electron chi connectivity index (χ1n) is 4.16. The van der Waals surface area contributed by atoms with Crippen LogP contribution in [0.5, 0.6) is 0 Å². The highest BCUT2D eigenvalue weighted by atomic mass is 16.3. The Bertz CT molecular complexity index is 105. The van der Waals surface area contributed by atoms with E-state index in [1.165, 1.54) is 6.42 Å². The molecule has 1 saturated heterocycles. The predicted octanol–water partition coefficient (Wildman–Crippen LogP) is 0.851. The van der Waals surface area contributed by atoms with Gasteiger partial charge in [-0.2, -0.15) is 0 Å². The standard InChI is InChI=1S/C8H17NO/c1-3-7(2)9-5-4-8(10)6-9/h7-8,10H,3-6H2,1-2H3/t7?,8-/m1/s1. The summed E-state index contributed by atoms with van der Waals surface area (Å²) in [5.74, 6) is 0. The van der Waals surface area contributed by atoms with Gasteiger partial charge in [0, 0.05) is 19.1 Å². The Labute approximate surface area is 62.8 Å². The van der Waals surface area contributed by atoms with Crippen LogP contribution in [0.2, 0.25) is 0 Å². The average molecular weight is 143 g/mol. The number of β-amino-alcohol motifs (C(OH)–C–C–N with tert-alkyl or cyclic N) is 1. The topological polar surface area (TPSA) is 23.5 Å². The van der Waals surface area contributed by atoms with Gasteiger partial charge >= 0.3 is 0 Å². The van der Waals surface area contributed by atoms with E-state index in [-0.39, 0.29) is 6.10 Å². The molecule has 1 aliphatic rings. The fourth-order valence-electron chi connectivity index (χ4n) is 1.43. The average Bonchev–Trinajstić information content (AvgIpc) is 2.34. The molecule has 1 heterocycles. The summed E-state index contributed by atoms with van der Waals surface area (Å²) in [7, 11) is 0. The van der Waals surface area contributed by atoms with Crippen LogP contribution in [-0.2, 0) is 0 Å². The number of likely N-dealkylation sites (tertiary alicyclic amines) is 1. The van der Waals surface area contributed by atoms with Crippen LogP contribution in [0, 0.1) is 0 Å². The summed E-state index contributed by atoms with van der Waals surface area (Å²) in [6, 6.07) is 0.650. The third-order valence-corrected chi connectivity index (χ3v) is 2.41. The van der Waals surface area contributed by atoms with Gasteiger partial charge in [0.05, 0.1) is 6.10 Å². The Balaban J connectivity index is 2.29. The molecule has 0 amide bonds. The molecule has 0 spiro atoms. The maximum Gasteiger partial charge on any atom is 0.0679 e. The monoisotopic (exact) mass is 143 g/mol. The Hall–Kier alpha value is -0.0800. The summed E-state index contributed by atoms with van der Waals surface area (Å²) in [4.78, 5) is 2.35. The van der Waals surface area contributed by atoms with Crippen molar-refractivity contribution in [3.05, 3.63) is 0 Å². The van der Waals surface area contributed by atoms with Gasteiger partial charge in [0.25, 0.3) is 0 Å². The quantitative estimate of drug-likeness (QED) is 0.619. The van der Waals surface area contributed by atoms with Gasteiger partial charge in [-0.25, -0.2) is 0 Å². The Morgan fingerprint density at radius 1 is 1.70 bits per heavy atom. The van der Waals surface area contributed by atoms with Crippen molar-refractivity contribution >= 4 is 0 Å². The number of rotatable bonds is 2. The Kier molecular flexibility index (Phi) is 2.69. The molecule has 0 aromatic carbocycles. The molecule has 0 aromatic rings. The number of hydrogen-bond donors (Lipinski definition) is 1. The van der Waals surface area contributed by atoms with Crippen molar-refractivity contribution < 1.29 is 5.11 Å². The zero-order chi connectivity index (χ0) is 7.56. The first-order valence-corrected chi connectivity index (χ1v) is 4.16. The highest BCUT2D eigenvalue weighted by molar-refractivity contribution is 4.77. The molecule has 1 aliphatic heterocycles. The minimum Gasteiger partial charge on any atom is -0.392 e. The first kappa shape index (κ1) is 8.02. The molecule has 1 unspecified atom stereocenters. The summed E-state index contributed by atoms with van der Waals surface area (Å²) in [5.41, 5.74) is 0. The number of aliphatic hydroxyl groups excluding tert-OH is 1. The first-order chi connectivity index (χ1) is 4.74. The van der Waals surface area contributed by atoms with E-state index in [9.17, 15) is 5.11 Å². The number of aliphatic hydroxyl groups is 1. The van der Waals surface area contributed by atoms with Crippen LogP contribution >= 0.6 is 0 Å². The molecule has 1 rings (SSSR count). The molecule has 2 atom stereocenters. The Morgan fingerprint density at radius 3 is 2.80 bits per heavy atom. The molecule has 1 fully saturated rings. The zero-order valence-corrected chi connectivity index (χ0v) is 6.88. The van der Waals surface area contributed by atoms with Crippen LogP contribution in [0.4, 0.5) is 0 Å². The molecule has 0 aromatic heterocycles. The third-order valence-electron chi connectivity index (χ3n) is 2.41. The van der Waals surface area contributed by atoms with Crippen LogP contribution in [0.25, 0.3) is 0 Å². The van der Waals surface area contributed by atoms with Crippen molar-refractivity contribution in [2.24, 2.45) is 0 Å². The van der Waals surface area contributed by atoms with E-state index in [1.54, 1.807) is 0 Å². The van der Waals surface area contributed by atoms with E-state index < -0.39 is 0 Å². The fourth-order valence-corrected chi connectivity index (χ4v) is 1.43. The van der Waals surface area contributed by atoms with Crippen LogP contribution < -0.4 is 0 Å².